The summed E-state index contributed by atoms with van der Waals surface area (Å²) in [6.45, 7) is 19.3. The van der Waals surface area contributed by atoms with Gasteiger partial charge in [0.25, 0.3) is 0 Å². The number of aliphatic hydroxyl groups is 1. The van der Waals surface area contributed by atoms with Gasteiger partial charge in [-0.15, -0.1) is 0 Å². The minimum atomic E-state index is -1.18. The molecular weight excluding hydrogens is 777 g/mol. The Kier molecular flexibility index (Phi) is 10.6. The number of halogens is 1. The number of fused-ring (bicyclic) bond motifs is 7. The zero-order valence-corrected chi connectivity index (χ0v) is 36.0. The molecule has 0 aromatic heterocycles. The van der Waals surface area contributed by atoms with Crippen LogP contribution in [0.25, 0.3) is 0 Å². The van der Waals surface area contributed by atoms with Gasteiger partial charge in [-0.1, -0.05) is 66.2 Å². The van der Waals surface area contributed by atoms with Crippen molar-refractivity contribution in [2.75, 3.05) is 0 Å². The number of aliphatic hydroxyl groups excluding tert-OH is 1. The summed E-state index contributed by atoms with van der Waals surface area (Å²) in [4.78, 5) is 39.0. The second kappa shape index (κ2) is 13.7. The lowest BCUT2D eigenvalue weighted by atomic mass is 9.30. The number of aryl methyl sites for hydroxylation is 1. The molecule has 294 valence electrons. The summed E-state index contributed by atoms with van der Waals surface area (Å²) in [5.41, 5.74) is 8.54. The highest BCUT2D eigenvalue weighted by Crippen LogP contribution is 2.77. The molecule has 0 amide bonds. The van der Waals surface area contributed by atoms with Crippen molar-refractivity contribution in [1.82, 2.24) is 0 Å². The lowest BCUT2D eigenvalue weighted by Crippen LogP contribution is -2.78. The topological polar surface area (TPSA) is 127 Å². The zero-order chi connectivity index (χ0) is 39.2. The monoisotopic (exact) mass is 843 g/mol. The largest absolute Gasteiger partial charge is 0.481 e. The van der Waals surface area contributed by atoms with Crippen LogP contribution < -0.4 is 5.73 Å². The number of Topliss-reactive ketones (excluding diaryl/α,β-unsaturated/α-hetero) is 1. The molecule has 0 unspecified atom stereocenters. The van der Waals surface area contributed by atoms with Crippen LogP contribution in [0.5, 0.6) is 0 Å². The number of aliphatic carboxylic acids is 1. The Morgan fingerprint density at radius 2 is 1.62 bits per heavy atom. The van der Waals surface area contributed by atoms with Gasteiger partial charge in [0.1, 0.15) is 6.10 Å². The SMILES string of the molecule is CC(C)C1=C2[C@H]3CC[C@@]4(N)[C@@](C)(CC[C@H]5C(C)(C)[C@@H](OC(=O)CC(C)(C)C(=O)O)CC[C@@]54C)[C@]3(C)CC[C@@]2([C@H](O)CCCc2ccc(I)cc2)CC1=O. The summed E-state index contributed by atoms with van der Waals surface area (Å²) < 4.78 is 7.38. The first-order valence-electron chi connectivity index (χ1n) is 20.4. The summed E-state index contributed by atoms with van der Waals surface area (Å²) in [7, 11) is 0. The van der Waals surface area contributed by atoms with E-state index >= 15 is 0 Å². The molecule has 0 bridgehead atoms. The summed E-state index contributed by atoms with van der Waals surface area (Å²) >= 11 is 2.33. The molecule has 53 heavy (non-hydrogen) atoms. The number of hydrogen-bond donors (Lipinski definition) is 3. The molecule has 6 rings (SSSR count). The van der Waals surface area contributed by atoms with E-state index in [0.717, 1.165) is 63.4 Å². The Morgan fingerprint density at radius 1 is 0.962 bits per heavy atom. The van der Waals surface area contributed by atoms with Gasteiger partial charge >= 0.3 is 11.9 Å². The van der Waals surface area contributed by atoms with E-state index in [1.165, 1.54) is 14.7 Å². The van der Waals surface area contributed by atoms with E-state index < -0.39 is 34.4 Å². The molecule has 1 aromatic carbocycles. The third-order valence-electron chi connectivity index (χ3n) is 16.8. The fraction of sp³-hybridized carbons (Fsp3) is 0.756. The van der Waals surface area contributed by atoms with Crippen LogP contribution >= 0.6 is 22.6 Å². The van der Waals surface area contributed by atoms with Crippen molar-refractivity contribution in [2.24, 2.45) is 56.0 Å². The number of hydrogen-bond acceptors (Lipinski definition) is 6. The first-order chi connectivity index (χ1) is 24.5. The Bertz CT molecular complexity index is 1660. The molecule has 0 heterocycles. The number of carbonyl (C=O) groups excluding carboxylic acids is 2. The summed E-state index contributed by atoms with van der Waals surface area (Å²) in [6, 6.07) is 8.64. The van der Waals surface area contributed by atoms with Crippen LogP contribution in [-0.4, -0.2) is 45.7 Å². The molecule has 0 radical (unpaired) electrons. The molecule has 5 aliphatic rings. The maximum absolute atomic E-state index is 14.1. The van der Waals surface area contributed by atoms with Crippen LogP contribution in [0.15, 0.2) is 35.4 Å². The van der Waals surface area contributed by atoms with Gasteiger partial charge in [0.05, 0.1) is 17.9 Å². The van der Waals surface area contributed by atoms with Crippen molar-refractivity contribution in [2.45, 2.75) is 164 Å². The number of carbonyl (C=O) groups is 3. The molecule has 4 N–H and O–H groups in total. The second-order valence-electron chi connectivity index (χ2n) is 20.3. The number of ketones is 1. The van der Waals surface area contributed by atoms with Crippen molar-refractivity contribution in [3.05, 3.63) is 44.5 Å². The first kappa shape index (κ1) is 40.9. The van der Waals surface area contributed by atoms with Crippen LogP contribution in [0.2, 0.25) is 0 Å². The van der Waals surface area contributed by atoms with E-state index in [0.29, 0.717) is 19.3 Å². The molecule has 0 aliphatic heterocycles. The summed E-state index contributed by atoms with van der Waals surface area (Å²) in [5, 5.41) is 21.9. The Morgan fingerprint density at radius 3 is 2.25 bits per heavy atom. The van der Waals surface area contributed by atoms with Crippen molar-refractivity contribution in [3.63, 3.8) is 0 Å². The standard InChI is InChI=1S/C45H66INO6/c1-27(2)36-31(48)25-44(33(49)12-10-11-28-13-15-29(46)16-14-28)24-23-41(7)30(37(36)44)17-22-45(47)42(8)20-19-34(53-35(50)26-39(3,4)38(51)52)40(5,6)32(42)18-21-43(41,45)9/h13-16,27,30,32-34,49H,10-12,17-26,47H2,1-9H3,(H,51,52)/t30-,32+,33-,34+,41-,42+,43+,44+,45+/m1/s1. The van der Waals surface area contributed by atoms with Crippen LogP contribution in [0.1, 0.15) is 145 Å². The van der Waals surface area contributed by atoms with Crippen LogP contribution in [0, 0.1) is 53.8 Å². The lowest BCUT2D eigenvalue weighted by Gasteiger charge is -2.76. The van der Waals surface area contributed by atoms with E-state index in [2.05, 4.69) is 95.3 Å². The minimum absolute atomic E-state index is 0.103. The maximum atomic E-state index is 14.1. The average Bonchev–Trinajstić information content (AvgIpc) is 3.38. The van der Waals surface area contributed by atoms with E-state index in [4.69, 9.17) is 10.5 Å². The number of nitrogens with two attached hydrogens (primary N) is 1. The van der Waals surface area contributed by atoms with Crippen molar-refractivity contribution >= 4 is 40.3 Å². The number of ether oxygens (including phenoxy) is 1. The molecule has 4 saturated carbocycles. The lowest BCUT2D eigenvalue weighted by molar-refractivity contribution is -0.245. The van der Waals surface area contributed by atoms with Gasteiger partial charge in [-0.05, 0) is 164 Å². The fourth-order valence-electron chi connectivity index (χ4n) is 13.4. The number of benzene rings is 1. The predicted molar refractivity (Wildman–Crippen MR) is 217 cm³/mol. The number of carboxylic acid groups (broad SMARTS) is 1. The summed E-state index contributed by atoms with van der Waals surface area (Å²) in [6.07, 6.45) is 8.87. The molecule has 0 saturated heterocycles. The van der Waals surface area contributed by atoms with E-state index in [9.17, 15) is 24.6 Å². The van der Waals surface area contributed by atoms with Crippen molar-refractivity contribution in [1.29, 1.82) is 0 Å². The number of esters is 1. The Hall–Kier alpha value is -1.78. The van der Waals surface area contributed by atoms with Gasteiger partial charge in [-0.25, -0.2) is 0 Å². The zero-order valence-electron chi connectivity index (χ0n) is 33.9. The molecule has 5 aliphatic carbocycles. The van der Waals surface area contributed by atoms with E-state index in [1.54, 1.807) is 13.8 Å². The van der Waals surface area contributed by atoms with Crippen LogP contribution in [-0.2, 0) is 25.5 Å². The predicted octanol–water partition coefficient (Wildman–Crippen LogP) is 9.45. The Labute approximate surface area is 332 Å². The maximum Gasteiger partial charge on any atom is 0.309 e. The van der Waals surface area contributed by atoms with Crippen LogP contribution in [0.3, 0.4) is 0 Å². The van der Waals surface area contributed by atoms with Gasteiger partial charge in [-0.2, -0.15) is 0 Å². The third kappa shape index (κ3) is 6.11. The molecular formula is C45H66INO6. The normalized spacial score (nSPS) is 38.4. The van der Waals surface area contributed by atoms with Gasteiger partial charge in [0.15, 0.2) is 5.78 Å². The van der Waals surface area contributed by atoms with Gasteiger partial charge in [-0.3, -0.25) is 14.4 Å². The van der Waals surface area contributed by atoms with E-state index in [-0.39, 0.29) is 57.7 Å². The van der Waals surface area contributed by atoms with Gasteiger partial charge in [0.2, 0.25) is 0 Å². The first-order valence-corrected chi connectivity index (χ1v) is 21.5. The molecule has 8 heteroatoms. The minimum Gasteiger partial charge on any atom is -0.481 e. The highest BCUT2D eigenvalue weighted by molar-refractivity contribution is 14.1. The smallest absolute Gasteiger partial charge is 0.309 e. The average molecular weight is 844 g/mol. The van der Waals surface area contributed by atoms with Gasteiger partial charge < -0.3 is 20.7 Å². The molecule has 7 nitrogen and oxygen atoms in total. The molecule has 9 atom stereocenters. The quantitative estimate of drug-likeness (QED) is 0.158. The van der Waals surface area contributed by atoms with Crippen LogP contribution in [0.4, 0.5) is 0 Å². The Balaban J connectivity index is 1.29. The highest BCUT2D eigenvalue weighted by Gasteiger charge is 2.75. The molecule has 1 aromatic rings. The molecule has 0 spiro atoms. The van der Waals surface area contributed by atoms with E-state index in [1.807, 2.05) is 0 Å². The highest BCUT2D eigenvalue weighted by atomic mass is 127. The number of allylic oxidation sites excluding steroid dienone is 1. The van der Waals surface area contributed by atoms with Crippen molar-refractivity contribution < 1.29 is 29.3 Å². The number of carboxylic acids is 1. The molecule has 4 fully saturated rings. The van der Waals surface area contributed by atoms with Crippen molar-refractivity contribution in [3.8, 4) is 0 Å². The number of rotatable bonds is 10. The summed E-state index contributed by atoms with van der Waals surface area (Å²) in [5.74, 6) is -0.692. The third-order valence-corrected chi connectivity index (χ3v) is 17.5. The second-order valence-corrected chi connectivity index (χ2v) is 21.5. The van der Waals surface area contributed by atoms with Gasteiger partial charge in [0, 0.05) is 26.4 Å². The fourth-order valence-corrected chi connectivity index (χ4v) is 13.7.